The van der Waals surface area contributed by atoms with Crippen LogP contribution in [0.5, 0.6) is 0 Å². The summed E-state index contributed by atoms with van der Waals surface area (Å²) < 4.78 is 0. The quantitative estimate of drug-likeness (QED) is 0.712. The van der Waals surface area contributed by atoms with Gasteiger partial charge in [-0.2, -0.15) is 0 Å². The summed E-state index contributed by atoms with van der Waals surface area (Å²) in [7, 11) is 0. The number of benzene rings is 1. The zero-order valence-electron chi connectivity index (χ0n) is 8.05. The van der Waals surface area contributed by atoms with Crippen molar-refractivity contribution in [2.24, 2.45) is 5.73 Å². The molecular formula is C10H16ClNO2. The molecule has 1 rings (SSSR count). The van der Waals surface area contributed by atoms with Gasteiger partial charge in [-0.25, -0.2) is 0 Å². The number of hydrogen-bond acceptors (Lipinski definition) is 3. The first-order valence-corrected chi connectivity index (χ1v) is 4.29. The molecule has 0 aliphatic rings. The van der Waals surface area contributed by atoms with Crippen LogP contribution in [0.3, 0.4) is 0 Å². The molecule has 0 saturated heterocycles. The van der Waals surface area contributed by atoms with Crippen molar-refractivity contribution in [3.63, 3.8) is 0 Å². The summed E-state index contributed by atoms with van der Waals surface area (Å²) in [5, 5.41) is 18.0. The number of aliphatic hydroxyl groups is 2. The topological polar surface area (TPSA) is 66.5 Å². The molecule has 1 aromatic rings. The van der Waals surface area contributed by atoms with E-state index in [0.717, 1.165) is 5.56 Å². The smallest absolute Gasteiger partial charge is 0.102 e. The Morgan fingerprint density at radius 1 is 1.21 bits per heavy atom. The van der Waals surface area contributed by atoms with E-state index in [0.29, 0.717) is 5.56 Å². The molecule has 1 aromatic carbocycles. The van der Waals surface area contributed by atoms with Crippen molar-refractivity contribution < 1.29 is 10.2 Å². The minimum Gasteiger partial charge on any atom is -0.393 e. The number of nitrogens with two attached hydrogens (primary N) is 1. The molecule has 0 saturated carbocycles. The third kappa shape index (κ3) is 3.27. The van der Waals surface area contributed by atoms with Gasteiger partial charge >= 0.3 is 0 Å². The third-order valence-electron chi connectivity index (χ3n) is 2.02. The maximum absolute atomic E-state index is 9.28. The highest BCUT2D eigenvalue weighted by Crippen LogP contribution is 2.15. The van der Waals surface area contributed by atoms with E-state index < -0.39 is 6.10 Å². The molecule has 0 aliphatic heterocycles. The van der Waals surface area contributed by atoms with Crippen molar-refractivity contribution in [2.75, 3.05) is 6.61 Å². The van der Waals surface area contributed by atoms with Crippen LogP contribution in [0.4, 0.5) is 0 Å². The van der Waals surface area contributed by atoms with Crippen molar-refractivity contribution in [1.29, 1.82) is 0 Å². The Kier molecular flexibility index (Phi) is 5.72. The molecule has 0 heterocycles. The lowest BCUT2D eigenvalue weighted by Crippen LogP contribution is -2.06. The monoisotopic (exact) mass is 217 g/mol. The first kappa shape index (κ1) is 13.4. The molecule has 4 heteroatoms. The Morgan fingerprint density at radius 3 is 2.00 bits per heavy atom. The van der Waals surface area contributed by atoms with Gasteiger partial charge in [0.25, 0.3) is 0 Å². The van der Waals surface area contributed by atoms with Crippen molar-refractivity contribution in [3.05, 3.63) is 35.4 Å². The Morgan fingerprint density at radius 2 is 1.64 bits per heavy atom. The number of rotatable bonds is 3. The Labute approximate surface area is 90.0 Å². The highest BCUT2D eigenvalue weighted by molar-refractivity contribution is 5.85. The van der Waals surface area contributed by atoms with Crippen molar-refractivity contribution in [2.45, 2.75) is 19.1 Å². The zero-order chi connectivity index (χ0) is 9.84. The number of hydrogen-bond donors (Lipinski definition) is 3. The molecule has 0 aromatic heterocycles. The fourth-order valence-electron chi connectivity index (χ4n) is 1.13. The maximum Gasteiger partial charge on any atom is 0.102 e. The molecule has 0 bridgehead atoms. The molecule has 0 spiro atoms. The Hall–Kier alpha value is -0.610. The van der Waals surface area contributed by atoms with Gasteiger partial charge in [-0.15, -0.1) is 12.4 Å². The second-order valence-corrected chi connectivity index (χ2v) is 3.15. The van der Waals surface area contributed by atoms with E-state index in [-0.39, 0.29) is 25.1 Å². The van der Waals surface area contributed by atoms with Crippen LogP contribution in [0.15, 0.2) is 24.3 Å². The van der Waals surface area contributed by atoms with Gasteiger partial charge in [-0.1, -0.05) is 24.3 Å². The van der Waals surface area contributed by atoms with Gasteiger partial charge < -0.3 is 15.9 Å². The standard InChI is InChI=1S/C10H15NO2.ClH/c1-7(11)8-2-4-9(5-3-8)10(13)6-12;/h2-5,7,10,12-13H,6,11H2,1H3;1H. The van der Waals surface area contributed by atoms with E-state index in [1.807, 2.05) is 19.1 Å². The Balaban J connectivity index is 0.00000169. The average Bonchev–Trinajstić information content (AvgIpc) is 2.17. The molecule has 2 unspecified atom stereocenters. The van der Waals surface area contributed by atoms with E-state index in [1.54, 1.807) is 12.1 Å². The summed E-state index contributed by atoms with van der Waals surface area (Å²) in [6.45, 7) is 1.65. The zero-order valence-corrected chi connectivity index (χ0v) is 8.87. The second kappa shape index (κ2) is 5.98. The van der Waals surface area contributed by atoms with Gasteiger partial charge in [0.15, 0.2) is 0 Å². The molecular weight excluding hydrogens is 202 g/mol. The molecule has 0 aliphatic carbocycles. The third-order valence-corrected chi connectivity index (χ3v) is 2.02. The first-order valence-electron chi connectivity index (χ1n) is 4.29. The van der Waals surface area contributed by atoms with Gasteiger partial charge in [0.2, 0.25) is 0 Å². The lowest BCUT2D eigenvalue weighted by atomic mass is 10.0. The maximum atomic E-state index is 9.28. The second-order valence-electron chi connectivity index (χ2n) is 3.15. The predicted octanol–water partition coefficient (Wildman–Crippen LogP) is 1.15. The largest absolute Gasteiger partial charge is 0.393 e. The average molecular weight is 218 g/mol. The highest BCUT2D eigenvalue weighted by atomic mass is 35.5. The summed E-state index contributed by atoms with van der Waals surface area (Å²) in [4.78, 5) is 0. The van der Waals surface area contributed by atoms with Crippen molar-refractivity contribution in [1.82, 2.24) is 0 Å². The minimum absolute atomic E-state index is 0. The molecule has 0 amide bonds. The molecule has 3 nitrogen and oxygen atoms in total. The van der Waals surface area contributed by atoms with Crippen LogP contribution in [0, 0.1) is 0 Å². The molecule has 2 atom stereocenters. The van der Waals surface area contributed by atoms with Crippen molar-refractivity contribution >= 4 is 12.4 Å². The van der Waals surface area contributed by atoms with Gasteiger partial charge in [0, 0.05) is 6.04 Å². The van der Waals surface area contributed by atoms with Crippen LogP contribution < -0.4 is 5.73 Å². The van der Waals surface area contributed by atoms with Crippen LogP contribution in [-0.2, 0) is 0 Å². The summed E-state index contributed by atoms with van der Waals surface area (Å²) >= 11 is 0. The SMILES string of the molecule is CC(N)c1ccc(C(O)CO)cc1.Cl. The van der Waals surface area contributed by atoms with E-state index in [2.05, 4.69) is 0 Å². The van der Waals surface area contributed by atoms with E-state index >= 15 is 0 Å². The summed E-state index contributed by atoms with van der Waals surface area (Å²) in [6.07, 6.45) is -0.790. The lowest BCUT2D eigenvalue weighted by molar-refractivity contribution is 0.0956. The van der Waals surface area contributed by atoms with Crippen LogP contribution in [0.2, 0.25) is 0 Å². The summed E-state index contributed by atoms with van der Waals surface area (Å²) in [5.74, 6) is 0. The van der Waals surface area contributed by atoms with Crippen LogP contribution in [-0.4, -0.2) is 16.8 Å². The summed E-state index contributed by atoms with van der Waals surface area (Å²) in [6, 6.07) is 7.28. The van der Waals surface area contributed by atoms with E-state index in [1.165, 1.54) is 0 Å². The normalized spacial score (nSPS) is 14.3. The number of halogens is 1. The van der Waals surface area contributed by atoms with Crippen LogP contribution >= 0.6 is 12.4 Å². The van der Waals surface area contributed by atoms with E-state index in [4.69, 9.17) is 10.8 Å². The van der Waals surface area contributed by atoms with Crippen LogP contribution in [0.1, 0.15) is 30.2 Å². The van der Waals surface area contributed by atoms with Gasteiger partial charge in [0.05, 0.1) is 6.61 Å². The first-order chi connectivity index (χ1) is 6.15. The molecule has 0 fully saturated rings. The van der Waals surface area contributed by atoms with Crippen molar-refractivity contribution in [3.8, 4) is 0 Å². The Bertz CT molecular complexity index is 261. The van der Waals surface area contributed by atoms with Crippen LogP contribution in [0.25, 0.3) is 0 Å². The lowest BCUT2D eigenvalue weighted by Gasteiger charge is -2.09. The summed E-state index contributed by atoms with van der Waals surface area (Å²) in [5.41, 5.74) is 7.40. The molecule has 80 valence electrons. The highest BCUT2D eigenvalue weighted by Gasteiger charge is 2.05. The fourth-order valence-corrected chi connectivity index (χ4v) is 1.13. The molecule has 14 heavy (non-hydrogen) atoms. The molecule has 0 radical (unpaired) electrons. The van der Waals surface area contributed by atoms with Gasteiger partial charge in [-0.3, -0.25) is 0 Å². The van der Waals surface area contributed by atoms with E-state index in [9.17, 15) is 5.11 Å². The van der Waals surface area contributed by atoms with Gasteiger partial charge in [0.1, 0.15) is 6.10 Å². The fraction of sp³-hybridized carbons (Fsp3) is 0.400. The molecule has 4 N–H and O–H groups in total. The minimum atomic E-state index is -0.790. The number of aliphatic hydroxyl groups excluding tert-OH is 2. The predicted molar refractivity (Wildman–Crippen MR) is 58.3 cm³/mol. The van der Waals surface area contributed by atoms with Gasteiger partial charge in [-0.05, 0) is 18.1 Å².